The van der Waals surface area contributed by atoms with Crippen molar-refractivity contribution in [3.63, 3.8) is 0 Å². The topological polar surface area (TPSA) is 70.2 Å². The van der Waals surface area contributed by atoms with Crippen LogP contribution in [0.25, 0.3) is 0 Å². The van der Waals surface area contributed by atoms with Gasteiger partial charge in [-0.05, 0) is 19.3 Å². The van der Waals surface area contributed by atoms with Gasteiger partial charge in [0.15, 0.2) is 0 Å². The van der Waals surface area contributed by atoms with Crippen molar-refractivity contribution in [1.29, 1.82) is 0 Å². The molecular formula is C9H17N3O2. The predicted molar refractivity (Wildman–Crippen MR) is 52.7 cm³/mol. The molecule has 1 fully saturated rings. The molecule has 1 aliphatic rings. The highest BCUT2D eigenvalue weighted by atomic mass is 16.2. The van der Waals surface area contributed by atoms with Crippen LogP contribution < -0.4 is 16.0 Å². The molecule has 14 heavy (non-hydrogen) atoms. The van der Waals surface area contributed by atoms with Crippen LogP contribution in [0.1, 0.15) is 19.3 Å². The van der Waals surface area contributed by atoms with E-state index >= 15 is 0 Å². The molecule has 0 spiro atoms. The monoisotopic (exact) mass is 199 g/mol. The minimum Gasteiger partial charge on any atom is -0.358 e. The quantitative estimate of drug-likeness (QED) is 0.545. The maximum Gasteiger partial charge on any atom is 0.237 e. The van der Waals surface area contributed by atoms with Gasteiger partial charge in [-0.15, -0.1) is 0 Å². The van der Waals surface area contributed by atoms with Crippen LogP contribution in [0.5, 0.6) is 0 Å². The lowest BCUT2D eigenvalue weighted by Gasteiger charge is -2.14. The summed E-state index contributed by atoms with van der Waals surface area (Å²) in [6, 6.07) is -0.213. The number of hydrogen-bond donors (Lipinski definition) is 3. The van der Waals surface area contributed by atoms with Crippen LogP contribution in [-0.2, 0) is 9.59 Å². The number of likely N-dealkylation sites (N-methyl/N-ethyl adjacent to an activating group) is 1. The van der Waals surface area contributed by atoms with Gasteiger partial charge in [-0.1, -0.05) is 0 Å². The molecule has 0 aromatic rings. The number of amides is 2. The van der Waals surface area contributed by atoms with E-state index in [4.69, 9.17) is 0 Å². The lowest BCUT2D eigenvalue weighted by Crippen LogP contribution is -2.46. The van der Waals surface area contributed by atoms with Crippen LogP contribution >= 0.6 is 0 Å². The molecule has 0 aliphatic carbocycles. The highest BCUT2D eigenvalue weighted by Crippen LogP contribution is 2.04. The highest BCUT2D eigenvalue weighted by Gasteiger charge is 2.20. The zero-order valence-electron chi connectivity index (χ0n) is 8.43. The molecule has 0 bridgehead atoms. The zero-order chi connectivity index (χ0) is 10.4. The zero-order valence-corrected chi connectivity index (χ0v) is 8.43. The molecule has 1 aliphatic heterocycles. The van der Waals surface area contributed by atoms with E-state index in [0.717, 1.165) is 25.8 Å². The van der Waals surface area contributed by atoms with Crippen molar-refractivity contribution >= 4 is 11.8 Å². The number of hydrogen-bond acceptors (Lipinski definition) is 3. The number of nitrogens with one attached hydrogen (secondary N) is 3. The summed E-state index contributed by atoms with van der Waals surface area (Å²) in [5.41, 5.74) is 0. The Hall–Kier alpha value is -1.10. The minimum absolute atomic E-state index is 0.00593. The van der Waals surface area contributed by atoms with Crippen molar-refractivity contribution in [2.75, 3.05) is 20.1 Å². The smallest absolute Gasteiger partial charge is 0.237 e. The van der Waals surface area contributed by atoms with Gasteiger partial charge in [0.25, 0.3) is 0 Å². The standard InChI is InChI=1S/C9H17N3O2/c1-10-8(13)6-12-7-4-2-3-5-11-9(7)14/h7,12H,2-6H2,1H3,(H,10,13)(H,11,14). The first kappa shape index (κ1) is 11.0. The number of carbonyl (C=O) groups excluding carboxylic acids is 2. The van der Waals surface area contributed by atoms with E-state index < -0.39 is 0 Å². The Bertz CT molecular complexity index is 218. The Morgan fingerprint density at radius 1 is 1.57 bits per heavy atom. The molecule has 80 valence electrons. The third kappa shape index (κ3) is 3.33. The molecule has 3 N–H and O–H groups in total. The molecule has 1 atom stereocenters. The summed E-state index contributed by atoms with van der Waals surface area (Å²) in [4.78, 5) is 22.4. The van der Waals surface area contributed by atoms with Crippen LogP contribution in [-0.4, -0.2) is 38.0 Å². The first-order valence-electron chi connectivity index (χ1n) is 4.95. The Labute approximate surface area is 83.6 Å². The van der Waals surface area contributed by atoms with Gasteiger partial charge in [-0.3, -0.25) is 14.9 Å². The van der Waals surface area contributed by atoms with Crippen molar-refractivity contribution in [3.8, 4) is 0 Å². The molecule has 1 unspecified atom stereocenters. The summed E-state index contributed by atoms with van der Waals surface area (Å²) in [6.45, 7) is 0.950. The van der Waals surface area contributed by atoms with Crippen LogP contribution in [0.2, 0.25) is 0 Å². The maximum atomic E-state index is 11.4. The Kier molecular flexibility index (Phi) is 4.39. The molecular weight excluding hydrogens is 182 g/mol. The Balaban J connectivity index is 2.33. The summed E-state index contributed by atoms with van der Waals surface area (Å²) < 4.78 is 0. The van der Waals surface area contributed by atoms with Crippen molar-refractivity contribution in [2.45, 2.75) is 25.3 Å². The predicted octanol–water partition coefficient (Wildman–Crippen LogP) is -1.01. The van der Waals surface area contributed by atoms with E-state index in [1.165, 1.54) is 0 Å². The van der Waals surface area contributed by atoms with E-state index in [0.29, 0.717) is 0 Å². The molecule has 5 heteroatoms. The Morgan fingerprint density at radius 2 is 2.36 bits per heavy atom. The molecule has 1 heterocycles. The average Bonchev–Trinajstić information content (AvgIpc) is 2.39. The van der Waals surface area contributed by atoms with Gasteiger partial charge in [0.2, 0.25) is 11.8 Å². The van der Waals surface area contributed by atoms with E-state index in [1.807, 2.05) is 0 Å². The first-order chi connectivity index (χ1) is 6.74. The number of rotatable bonds is 3. The summed E-state index contributed by atoms with van der Waals surface area (Å²) in [5.74, 6) is -0.0894. The van der Waals surface area contributed by atoms with E-state index in [2.05, 4.69) is 16.0 Å². The van der Waals surface area contributed by atoms with Crippen LogP contribution in [0.15, 0.2) is 0 Å². The third-order valence-electron chi connectivity index (χ3n) is 2.32. The fourth-order valence-corrected chi connectivity index (χ4v) is 1.44. The van der Waals surface area contributed by atoms with Crippen molar-refractivity contribution in [2.24, 2.45) is 0 Å². The van der Waals surface area contributed by atoms with Gasteiger partial charge < -0.3 is 10.6 Å². The van der Waals surface area contributed by atoms with E-state index in [9.17, 15) is 9.59 Å². The second kappa shape index (κ2) is 5.59. The summed E-state index contributed by atoms with van der Waals surface area (Å²) in [5, 5.41) is 8.24. The normalized spacial score (nSPS) is 22.4. The van der Waals surface area contributed by atoms with E-state index in [-0.39, 0.29) is 24.4 Å². The third-order valence-corrected chi connectivity index (χ3v) is 2.32. The summed E-state index contributed by atoms with van der Waals surface area (Å²) in [7, 11) is 1.58. The van der Waals surface area contributed by atoms with Crippen LogP contribution in [0.3, 0.4) is 0 Å². The molecule has 2 amide bonds. The lowest BCUT2D eigenvalue weighted by atomic mass is 10.1. The van der Waals surface area contributed by atoms with Gasteiger partial charge >= 0.3 is 0 Å². The van der Waals surface area contributed by atoms with Crippen LogP contribution in [0.4, 0.5) is 0 Å². The van der Waals surface area contributed by atoms with Crippen molar-refractivity contribution < 1.29 is 9.59 Å². The highest BCUT2D eigenvalue weighted by molar-refractivity contribution is 5.83. The number of carbonyl (C=O) groups is 2. The van der Waals surface area contributed by atoms with E-state index in [1.54, 1.807) is 7.05 Å². The molecule has 0 aromatic carbocycles. The lowest BCUT2D eigenvalue weighted by molar-refractivity contribution is -0.123. The fraction of sp³-hybridized carbons (Fsp3) is 0.778. The molecule has 0 saturated carbocycles. The van der Waals surface area contributed by atoms with Gasteiger partial charge in [-0.25, -0.2) is 0 Å². The second-order valence-corrected chi connectivity index (χ2v) is 3.39. The molecule has 1 rings (SSSR count). The second-order valence-electron chi connectivity index (χ2n) is 3.39. The van der Waals surface area contributed by atoms with Gasteiger partial charge in [0.1, 0.15) is 0 Å². The fourth-order valence-electron chi connectivity index (χ4n) is 1.44. The molecule has 1 saturated heterocycles. The average molecular weight is 199 g/mol. The Morgan fingerprint density at radius 3 is 3.07 bits per heavy atom. The molecule has 0 radical (unpaired) electrons. The van der Waals surface area contributed by atoms with Gasteiger partial charge in [-0.2, -0.15) is 0 Å². The van der Waals surface area contributed by atoms with Crippen molar-refractivity contribution in [3.05, 3.63) is 0 Å². The summed E-state index contributed by atoms with van der Waals surface area (Å²) >= 11 is 0. The summed E-state index contributed by atoms with van der Waals surface area (Å²) in [6.07, 6.45) is 2.84. The SMILES string of the molecule is CNC(=O)CNC1CCCCNC1=O. The minimum atomic E-state index is -0.213. The van der Waals surface area contributed by atoms with Crippen molar-refractivity contribution in [1.82, 2.24) is 16.0 Å². The molecule has 5 nitrogen and oxygen atoms in total. The first-order valence-corrected chi connectivity index (χ1v) is 4.95. The van der Waals surface area contributed by atoms with Crippen LogP contribution in [0, 0.1) is 0 Å². The maximum absolute atomic E-state index is 11.4. The largest absolute Gasteiger partial charge is 0.358 e. The van der Waals surface area contributed by atoms with Gasteiger partial charge in [0.05, 0.1) is 12.6 Å². The van der Waals surface area contributed by atoms with Gasteiger partial charge in [0, 0.05) is 13.6 Å². The molecule has 0 aromatic heterocycles.